The molecular formula is C12H15NO4. The van der Waals surface area contributed by atoms with Crippen molar-refractivity contribution in [2.24, 2.45) is 0 Å². The van der Waals surface area contributed by atoms with Crippen molar-refractivity contribution in [1.82, 2.24) is 0 Å². The Kier molecular flexibility index (Phi) is 4.81. The molecule has 92 valence electrons. The number of ketones is 1. The largest absolute Gasteiger partial charge is 0.349 e. The molecule has 1 aromatic rings. The highest BCUT2D eigenvalue weighted by molar-refractivity contribution is 6.06. The third-order valence-corrected chi connectivity index (χ3v) is 2.15. The highest BCUT2D eigenvalue weighted by Gasteiger charge is 2.21. The first-order valence-corrected chi connectivity index (χ1v) is 5.06. The molecule has 1 rings (SSSR count). The number of ether oxygens (including phenoxy) is 2. The number of para-hydroxylation sites is 1. The van der Waals surface area contributed by atoms with E-state index < -0.39 is 6.29 Å². The molecule has 5 nitrogen and oxygen atoms in total. The van der Waals surface area contributed by atoms with E-state index in [1.807, 2.05) is 0 Å². The van der Waals surface area contributed by atoms with Crippen LogP contribution < -0.4 is 5.32 Å². The normalized spacial score (nSPS) is 10.4. The number of rotatable bonds is 5. The average Bonchev–Trinajstić information content (AvgIpc) is 2.30. The monoisotopic (exact) mass is 237 g/mol. The predicted molar refractivity (Wildman–Crippen MR) is 62.9 cm³/mol. The number of hydrogen-bond acceptors (Lipinski definition) is 4. The standard InChI is InChI=1S/C12H15NO4/c1-8(14)13-10-7-5-4-6-9(10)11(15)12(16-2)17-3/h4-7,12H,1-3H3,(H,13,14). The summed E-state index contributed by atoms with van der Waals surface area (Å²) in [5.74, 6) is -0.573. The van der Waals surface area contributed by atoms with Gasteiger partial charge in [-0.05, 0) is 12.1 Å². The van der Waals surface area contributed by atoms with Crippen molar-refractivity contribution in [3.05, 3.63) is 29.8 Å². The highest BCUT2D eigenvalue weighted by Crippen LogP contribution is 2.18. The van der Waals surface area contributed by atoms with E-state index in [9.17, 15) is 9.59 Å². The third kappa shape index (κ3) is 3.37. The lowest BCUT2D eigenvalue weighted by Crippen LogP contribution is -2.26. The van der Waals surface area contributed by atoms with E-state index in [0.717, 1.165) is 0 Å². The Labute approximate surface area is 99.7 Å². The molecule has 1 N–H and O–H groups in total. The number of carbonyl (C=O) groups is 2. The fourth-order valence-electron chi connectivity index (χ4n) is 1.43. The second-order valence-electron chi connectivity index (χ2n) is 3.39. The van der Waals surface area contributed by atoms with Crippen LogP contribution in [0.3, 0.4) is 0 Å². The van der Waals surface area contributed by atoms with Crippen molar-refractivity contribution in [3.8, 4) is 0 Å². The number of anilines is 1. The van der Waals surface area contributed by atoms with Gasteiger partial charge < -0.3 is 14.8 Å². The molecule has 0 bridgehead atoms. The quantitative estimate of drug-likeness (QED) is 0.621. The van der Waals surface area contributed by atoms with Gasteiger partial charge in [0.05, 0.1) is 5.69 Å². The van der Waals surface area contributed by atoms with Gasteiger partial charge in [-0.15, -0.1) is 0 Å². The van der Waals surface area contributed by atoms with Crippen LogP contribution in [-0.4, -0.2) is 32.2 Å². The SMILES string of the molecule is COC(OC)C(=O)c1ccccc1NC(C)=O. The summed E-state index contributed by atoms with van der Waals surface area (Å²) in [6.07, 6.45) is -0.968. The van der Waals surface area contributed by atoms with Crippen molar-refractivity contribution >= 4 is 17.4 Å². The second kappa shape index (κ2) is 6.12. The molecule has 0 unspecified atom stereocenters. The molecule has 0 fully saturated rings. The topological polar surface area (TPSA) is 64.6 Å². The predicted octanol–water partition coefficient (Wildman–Crippen LogP) is 1.45. The number of nitrogens with one attached hydrogen (secondary N) is 1. The smallest absolute Gasteiger partial charge is 0.222 e. The molecule has 1 aromatic carbocycles. The summed E-state index contributed by atoms with van der Waals surface area (Å²) >= 11 is 0. The first-order valence-electron chi connectivity index (χ1n) is 5.06. The lowest BCUT2D eigenvalue weighted by atomic mass is 10.1. The van der Waals surface area contributed by atoms with Gasteiger partial charge in [-0.2, -0.15) is 0 Å². The summed E-state index contributed by atoms with van der Waals surface area (Å²) in [4.78, 5) is 23.0. The number of carbonyl (C=O) groups excluding carboxylic acids is 2. The Bertz CT molecular complexity index is 413. The van der Waals surface area contributed by atoms with Gasteiger partial charge >= 0.3 is 0 Å². The van der Waals surface area contributed by atoms with E-state index >= 15 is 0 Å². The van der Waals surface area contributed by atoms with E-state index in [1.165, 1.54) is 21.1 Å². The average molecular weight is 237 g/mol. The highest BCUT2D eigenvalue weighted by atomic mass is 16.7. The van der Waals surface area contributed by atoms with Crippen molar-refractivity contribution < 1.29 is 19.1 Å². The zero-order valence-corrected chi connectivity index (χ0v) is 10.0. The molecular weight excluding hydrogens is 222 g/mol. The minimum absolute atomic E-state index is 0.239. The van der Waals surface area contributed by atoms with Crippen LogP contribution in [0.2, 0.25) is 0 Å². The lowest BCUT2D eigenvalue weighted by Gasteiger charge is -2.14. The number of amides is 1. The molecule has 0 radical (unpaired) electrons. The van der Waals surface area contributed by atoms with Crippen molar-refractivity contribution in [1.29, 1.82) is 0 Å². The minimum Gasteiger partial charge on any atom is -0.349 e. The summed E-state index contributed by atoms with van der Waals surface area (Å²) < 4.78 is 9.78. The van der Waals surface area contributed by atoms with Crippen LogP contribution in [0.25, 0.3) is 0 Å². The number of benzene rings is 1. The number of hydrogen-bond donors (Lipinski definition) is 1. The summed E-state index contributed by atoms with van der Waals surface area (Å²) in [6.45, 7) is 1.38. The Hall–Kier alpha value is -1.72. The van der Waals surface area contributed by atoms with Crippen LogP contribution in [0.1, 0.15) is 17.3 Å². The first kappa shape index (κ1) is 13.3. The first-order chi connectivity index (χ1) is 8.10. The number of methoxy groups -OCH3 is 2. The minimum atomic E-state index is -0.968. The molecule has 0 aliphatic rings. The molecule has 0 aliphatic heterocycles. The summed E-state index contributed by atoms with van der Waals surface area (Å²) in [7, 11) is 2.76. The molecule has 1 amide bonds. The van der Waals surface area contributed by atoms with Crippen LogP contribution in [0.15, 0.2) is 24.3 Å². The maximum atomic E-state index is 12.0. The molecule has 0 atom stereocenters. The maximum absolute atomic E-state index is 12.0. The van der Waals surface area contributed by atoms with Gasteiger partial charge in [-0.25, -0.2) is 0 Å². The maximum Gasteiger partial charge on any atom is 0.222 e. The summed E-state index contributed by atoms with van der Waals surface area (Å²) in [6, 6.07) is 6.70. The Balaban J connectivity index is 3.03. The van der Waals surface area contributed by atoms with Crippen LogP contribution in [0.4, 0.5) is 5.69 Å². The molecule has 17 heavy (non-hydrogen) atoms. The van der Waals surface area contributed by atoms with Gasteiger partial charge in [0.1, 0.15) is 0 Å². The fraction of sp³-hybridized carbons (Fsp3) is 0.333. The van der Waals surface area contributed by atoms with E-state index in [-0.39, 0.29) is 11.7 Å². The third-order valence-electron chi connectivity index (χ3n) is 2.15. The van der Waals surface area contributed by atoms with Crippen LogP contribution >= 0.6 is 0 Å². The van der Waals surface area contributed by atoms with Gasteiger partial charge in [0.15, 0.2) is 0 Å². The van der Waals surface area contributed by atoms with Crippen LogP contribution in [0.5, 0.6) is 0 Å². The van der Waals surface area contributed by atoms with Crippen molar-refractivity contribution in [3.63, 3.8) is 0 Å². The van der Waals surface area contributed by atoms with Gasteiger partial charge in [-0.1, -0.05) is 12.1 Å². The number of Topliss-reactive ketones (excluding diaryl/α,β-unsaturated/α-hetero) is 1. The van der Waals surface area contributed by atoms with Gasteiger partial charge in [0.2, 0.25) is 18.0 Å². The molecule has 0 spiro atoms. The zero-order valence-electron chi connectivity index (χ0n) is 10.0. The summed E-state index contributed by atoms with van der Waals surface area (Å²) in [5.41, 5.74) is 0.806. The molecule has 0 saturated heterocycles. The summed E-state index contributed by atoms with van der Waals surface area (Å²) in [5, 5.41) is 2.59. The van der Waals surface area contributed by atoms with Gasteiger partial charge in [0, 0.05) is 26.7 Å². The van der Waals surface area contributed by atoms with Crippen molar-refractivity contribution in [2.45, 2.75) is 13.2 Å². The van der Waals surface area contributed by atoms with Crippen molar-refractivity contribution in [2.75, 3.05) is 19.5 Å². The molecule has 0 heterocycles. The fourth-order valence-corrected chi connectivity index (χ4v) is 1.43. The zero-order chi connectivity index (χ0) is 12.8. The van der Waals surface area contributed by atoms with Crippen LogP contribution in [-0.2, 0) is 14.3 Å². The van der Waals surface area contributed by atoms with Gasteiger partial charge in [0.25, 0.3) is 0 Å². The van der Waals surface area contributed by atoms with Crippen LogP contribution in [0, 0.1) is 0 Å². The van der Waals surface area contributed by atoms with E-state index in [0.29, 0.717) is 11.3 Å². The molecule has 0 saturated carbocycles. The molecule has 0 aliphatic carbocycles. The van der Waals surface area contributed by atoms with Gasteiger partial charge in [-0.3, -0.25) is 9.59 Å². The molecule has 5 heteroatoms. The van der Waals surface area contributed by atoms with E-state index in [4.69, 9.17) is 9.47 Å². The Morgan fingerprint density at radius 1 is 1.18 bits per heavy atom. The molecule has 0 aromatic heterocycles. The Morgan fingerprint density at radius 3 is 2.29 bits per heavy atom. The van der Waals surface area contributed by atoms with E-state index in [1.54, 1.807) is 24.3 Å². The lowest BCUT2D eigenvalue weighted by molar-refractivity contribution is -0.114. The second-order valence-corrected chi connectivity index (χ2v) is 3.39. The Morgan fingerprint density at radius 2 is 1.76 bits per heavy atom. The van der Waals surface area contributed by atoms with E-state index in [2.05, 4.69) is 5.32 Å².